The van der Waals surface area contributed by atoms with Gasteiger partial charge in [0.25, 0.3) is 5.91 Å². The molecule has 0 saturated carbocycles. The van der Waals surface area contributed by atoms with Crippen LogP contribution < -0.4 is 5.32 Å². The molecule has 1 amide bonds. The summed E-state index contributed by atoms with van der Waals surface area (Å²) in [5, 5.41) is 7.21. The smallest absolute Gasteiger partial charge is 0.291 e. The van der Waals surface area contributed by atoms with E-state index >= 15 is 0 Å². The largest absolute Gasteiger partial charge is 0.459 e. The van der Waals surface area contributed by atoms with Crippen molar-refractivity contribution in [3.8, 4) is 16.8 Å². The highest BCUT2D eigenvalue weighted by Gasteiger charge is 2.14. The van der Waals surface area contributed by atoms with E-state index in [9.17, 15) is 13.2 Å². The van der Waals surface area contributed by atoms with Gasteiger partial charge in [-0.25, -0.2) is 13.1 Å². The number of para-hydroxylation sites is 1. The molecule has 1 N–H and O–H groups in total. The molecule has 2 aromatic carbocycles. The maximum absolute atomic E-state index is 12.3. The lowest BCUT2D eigenvalue weighted by molar-refractivity contribution is 0.0996. The van der Waals surface area contributed by atoms with E-state index in [4.69, 9.17) is 4.42 Å². The fraction of sp³-hybridized carbons (Fsp3) is 0.0476. The quantitative estimate of drug-likeness (QED) is 0.543. The number of benzene rings is 2. The van der Waals surface area contributed by atoms with E-state index < -0.39 is 9.84 Å². The van der Waals surface area contributed by atoms with Crippen LogP contribution in [0.4, 0.5) is 5.69 Å². The Morgan fingerprint density at radius 1 is 1.03 bits per heavy atom. The summed E-state index contributed by atoms with van der Waals surface area (Å²) in [5.74, 6) is -0.118. The van der Waals surface area contributed by atoms with Gasteiger partial charge in [0.05, 0.1) is 23.0 Å². The molecular formula is C21H17N3O4S. The summed E-state index contributed by atoms with van der Waals surface area (Å²) in [6.45, 7) is 0. The van der Waals surface area contributed by atoms with E-state index in [1.807, 2.05) is 24.4 Å². The highest BCUT2D eigenvalue weighted by Crippen LogP contribution is 2.28. The van der Waals surface area contributed by atoms with Crippen molar-refractivity contribution in [2.24, 2.45) is 0 Å². The summed E-state index contributed by atoms with van der Waals surface area (Å²) < 4.78 is 30.0. The second-order valence-corrected chi connectivity index (χ2v) is 8.43. The average molecular weight is 407 g/mol. The molecule has 0 aliphatic rings. The first-order valence-electron chi connectivity index (χ1n) is 8.71. The fourth-order valence-corrected chi connectivity index (χ4v) is 3.52. The van der Waals surface area contributed by atoms with E-state index in [0.717, 1.165) is 16.8 Å². The highest BCUT2D eigenvalue weighted by molar-refractivity contribution is 7.90. The lowest BCUT2D eigenvalue weighted by Gasteiger charge is -2.08. The third kappa shape index (κ3) is 3.97. The van der Waals surface area contributed by atoms with Crippen molar-refractivity contribution in [1.82, 2.24) is 9.78 Å². The Bertz CT molecular complexity index is 1260. The van der Waals surface area contributed by atoms with Gasteiger partial charge in [0.1, 0.15) is 0 Å². The van der Waals surface area contributed by atoms with Crippen LogP contribution in [0.3, 0.4) is 0 Å². The Labute approximate surface area is 167 Å². The van der Waals surface area contributed by atoms with Crippen LogP contribution in [-0.4, -0.2) is 30.4 Å². The normalized spacial score (nSPS) is 11.3. The highest BCUT2D eigenvalue weighted by atomic mass is 32.2. The maximum atomic E-state index is 12.3. The van der Waals surface area contributed by atoms with Crippen LogP contribution in [0.1, 0.15) is 10.6 Å². The molecule has 29 heavy (non-hydrogen) atoms. The number of sulfone groups is 1. The number of carbonyl (C=O) groups is 1. The maximum Gasteiger partial charge on any atom is 0.291 e. The second-order valence-electron chi connectivity index (χ2n) is 6.42. The van der Waals surface area contributed by atoms with Crippen molar-refractivity contribution >= 4 is 21.4 Å². The van der Waals surface area contributed by atoms with Crippen molar-refractivity contribution in [2.45, 2.75) is 4.90 Å². The lowest BCUT2D eigenvalue weighted by atomic mass is 10.1. The van der Waals surface area contributed by atoms with Gasteiger partial charge >= 0.3 is 0 Å². The van der Waals surface area contributed by atoms with Gasteiger partial charge in [0.15, 0.2) is 15.6 Å². The number of hydrogen-bond acceptors (Lipinski definition) is 5. The molecule has 0 fully saturated rings. The van der Waals surface area contributed by atoms with Crippen molar-refractivity contribution in [3.63, 3.8) is 0 Å². The summed E-state index contributed by atoms with van der Waals surface area (Å²) in [4.78, 5) is 12.6. The van der Waals surface area contributed by atoms with E-state index in [0.29, 0.717) is 5.69 Å². The molecule has 0 atom stereocenters. The first-order chi connectivity index (χ1) is 13.9. The Morgan fingerprint density at radius 2 is 1.79 bits per heavy atom. The Kier molecular flexibility index (Phi) is 4.77. The van der Waals surface area contributed by atoms with Crippen molar-refractivity contribution in [1.29, 1.82) is 0 Å². The van der Waals surface area contributed by atoms with Gasteiger partial charge < -0.3 is 9.73 Å². The van der Waals surface area contributed by atoms with Gasteiger partial charge in [-0.3, -0.25) is 4.79 Å². The summed E-state index contributed by atoms with van der Waals surface area (Å²) in [6.07, 6.45) is 6.11. The molecule has 2 aromatic heterocycles. The van der Waals surface area contributed by atoms with Gasteiger partial charge in [-0.05, 0) is 42.5 Å². The number of furan rings is 1. The van der Waals surface area contributed by atoms with Crippen LogP contribution in [0.25, 0.3) is 16.8 Å². The molecular weight excluding hydrogens is 390 g/mol. The van der Waals surface area contributed by atoms with Gasteiger partial charge in [-0.1, -0.05) is 18.2 Å². The van der Waals surface area contributed by atoms with Crippen LogP contribution in [0, 0.1) is 0 Å². The van der Waals surface area contributed by atoms with Crippen LogP contribution in [0.5, 0.6) is 0 Å². The van der Waals surface area contributed by atoms with Gasteiger partial charge in [0.2, 0.25) is 0 Å². The van der Waals surface area contributed by atoms with Crippen molar-refractivity contribution in [3.05, 3.63) is 85.1 Å². The third-order valence-corrected chi connectivity index (χ3v) is 5.47. The molecule has 0 unspecified atom stereocenters. The predicted octanol–water partition coefficient (Wildman–Crippen LogP) is 3.79. The Morgan fingerprint density at radius 3 is 2.48 bits per heavy atom. The molecule has 2 heterocycles. The van der Waals surface area contributed by atoms with Gasteiger partial charge in [0, 0.05) is 29.3 Å². The van der Waals surface area contributed by atoms with Crippen LogP contribution >= 0.6 is 0 Å². The number of nitrogens with zero attached hydrogens (tertiary/aromatic N) is 2. The van der Waals surface area contributed by atoms with Crippen LogP contribution in [0.15, 0.2) is 88.6 Å². The van der Waals surface area contributed by atoms with E-state index in [2.05, 4.69) is 10.4 Å². The van der Waals surface area contributed by atoms with E-state index in [1.54, 1.807) is 53.3 Å². The molecule has 146 valence electrons. The van der Waals surface area contributed by atoms with Crippen LogP contribution in [-0.2, 0) is 9.84 Å². The summed E-state index contributed by atoms with van der Waals surface area (Å²) >= 11 is 0. The number of anilines is 1. The standard InChI is InChI=1S/C21H17N3O4S/c1-29(26,27)17-10-8-16(9-11-17)24-14-15(13-22-24)18-5-2-3-6-19(18)23-21(25)20-7-4-12-28-20/h2-14H,1H3,(H,23,25). The topological polar surface area (TPSA) is 94.2 Å². The monoisotopic (exact) mass is 407 g/mol. The Balaban J connectivity index is 1.62. The summed E-state index contributed by atoms with van der Waals surface area (Å²) in [6, 6.07) is 17.1. The minimum Gasteiger partial charge on any atom is -0.459 e. The molecule has 0 aliphatic carbocycles. The zero-order chi connectivity index (χ0) is 20.4. The molecule has 0 radical (unpaired) electrons. The number of nitrogens with one attached hydrogen (secondary N) is 1. The summed E-state index contributed by atoms with van der Waals surface area (Å²) in [7, 11) is -3.25. The van der Waals surface area contributed by atoms with E-state index in [1.165, 1.54) is 12.5 Å². The summed E-state index contributed by atoms with van der Waals surface area (Å²) in [5.41, 5.74) is 2.94. The number of hydrogen-bond donors (Lipinski definition) is 1. The van der Waals surface area contributed by atoms with E-state index in [-0.39, 0.29) is 16.6 Å². The lowest BCUT2D eigenvalue weighted by Crippen LogP contribution is -2.11. The number of amides is 1. The molecule has 0 spiro atoms. The van der Waals surface area contributed by atoms with Crippen molar-refractivity contribution in [2.75, 3.05) is 11.6 Å². The SMILES string of the molecule is CS(=O)(=O)c1ccc(-n2cc(-c3ccccc3NC(=O)c3ccco3)cn2)cc1. The molecule has 7 nitrogen and oxygen atoms in total. The first kappa shape index (κ1) is 18.7. The molecule has 4 rings (SSSR count). The molecule has 4 aromatic rings. The minimum atomic E-state index is -3.25. The predicted molar refractivity (Wildman–Crippen MR) is 109 cm³/mol. The van der Waals surface area contributed by atoms with Crippen LogP contribution in [0.2, 0.25) is 0 Å². The Hall–Kier alpha value is -3.65. The first-order valence-corrected chi connectivity index (χ1v) is 10.6. The zero-order valence-corrected chi connectivity index (χ0v) is 16.3. The second kappa shape index (κ2) is 7.40. The number of carbonyl (C=O) groups excluding carboxylic acids is 1. The fourth-order valence-electron chi connectivity index (χ4n) is 2.88. The van der Waals surface area contributed by atoms with Gasteiger partial charge in [-0.2, -0.15) is 5.10 Å². The number of rotatable bonds is 5. The molecule has 8 heteroatoms. The van der Waals surface area contributed by atoms with Crippen molar-refractivity contribution < 1.29 is 17.6 Å². The minimum absolute atomic E-state index is 0.224. The third-order valence-electron chi connectivity index (χ3n) is 4.34. The molecule has 0 saturated heterocycles. The van der Waals surface area contributed by atoms with Gasteiger partial charge in [-0.15, -0.1) is 0 Å². The molecule has 0 bridgehead atoms. The average Bonchev–Trinajstić information content (AvgIpc) is 3.40. The zero-order valence-electron chi connectivity index (χ0n) is 15.4. The number of aromatic nitrogens is 2. The molecule has 0 aliphatic heterocycles.